The highest BCUT2D eigenvalue weighted by Crippen LogP contribution is 2.07. The fourth-order valence-electron chi connectivity index (χ4n) is 0.495. The molecule has 0 atom stereocenters. The number of hydrogen-bond acceptors (Lipinski definition) is 3. The number of carboxylic acids is 2. The van der Waals surface area contributed by atoms with Crippen molar-refractivity contribution in [3.8, 4) is 0 Å². The molecule has 0 heterocycles. The summed E-state index contributed by atoms with van der Waals surface area (Å²) in [6, 6.07) is 0. The molecule has 0 saturated carbocycles. The first-order valence-electron chi connectivity index (χ1n) is 2.90. The highest BCUT2D eigenvalue weighted by Gasteiger charge is 2.13. The van der Waals surface area contributed by atoms with Crippen LogP contribution in [0.15, 0.2) is 24.0 Å². The quantitative estimate of drug-likeness (QED) is 0.360. The molecule has 0 unspecified atom stereocenters. The van der Waals surface area contributed by atoms with E-state index in [2.05, 4.69) is 11.3 Å². The zero-order chi connectivity index (χ0) is 9.72. The van der Waals surface area contributed by atoms with Gasteiger partial charge in [0.25, 0.3) is 0 Å². The molecular weight excluding hydrogens is 164 g/mol. The number of ether oxygens (including phenoxy) is 1. The Morgan fingerprint density at radius 1 is 1.42 bits per heavy atom. The minimum absolute atomic E-state index is 0.190. The molecule has 66 valence electrons. The van der Waals surface area contributed by atoms with Crippen molar-refractivity contribution < 1.29 is 24.5 Å². The molecule has 0 rings (SSSR count). The van der Waals surface area contributed by atoms with Crippen LogP contribution in [-0.4, -0.2) is 29.3 Å². The summed E-state index contributed by atoms with van der Waals surface area (Å²) >= 11 is 0. The van der Waals surface area contributed by atoms with Crippen molar-refractivity contribution in [1.82, 2.24) is 0 Å². The van der Waals surface area contributed by atoms with Crippen LogP contribution in [0, 0.1) is 0 Å². The van der Waals surface area contributed by atoms with Crippen molar-refractivity contribution in [3.05, 3.63) is 24.0 Å². The van der Waals surface area contributed by atoms with Crippen LogP contribution in [0.1, 0.15) is 0 Å². The van der Waals surface area contributed by atoms with Crippen LogP contribution in [0.3, 0.4) is 0 Å². The van der Waals surface area contributed by atoms with Crippen molar-refractivity contribution >= 4 is 11.9 Å². The summed E-state index contributed by atoms with van der Waals surface area (Å²) in [5, 5.41) is 16.7. The van der Waals surface area contributed by atoms with Gasteiger partial charge in [-0.15, -0.1) is 0 Å². The number of methoxy groups -OCH3 is 1. The van der Waals surface area contributed by atoms with Gasteiger partial charge in [-0.3, -0.25) is 0 Å². The van der Waals surface area contributed by atoms with Crippen LogP contribution in [0.25, 0.3) is 0 Å². The molecular formula is C7H8O5. The second-order valence-corrected chi connectivity index (χ2v) is 1.83. The lowest BCUT2D eigenvalue weighted by Gasteiger charge is -2.02. The lowest BCUT2D eigenvalue weighted by Crippen LogP contribution is -2.07. The van der Waals surface area contributed by atoms with Gasteiger partial charge in [0.05, 0.1) is 7.11 Å². The Morgan fingerprint density at radius 3 is 2.17 bits per heavy atom. The topological polar surface area (TPSA) is 83.8 Å². The highest BCUT2D eigenvalue weighted by atomic mass is 16.5. The van der Waals surface area contributed by atoms with Gasteiger partial charge in [-0.25, -0.2) is 9.59 Å². The standard InChI is InChI=1S/C7H8O5/c1-4(12-2)5(7(10)11)3-6(8)9/h3H,1H2,2H3,(H,8,9)(H,10,11)/b5-3-. The first-order chi connectivity index (χ1) is 5.49. The zero-order valence-electron chi connectivity index (χ0n) is 6.40. The van der Waals surface area contributed by atoms with Crippen molar-refractivity contribution in [3.63, 3.8) is 0 Å². The maximum absolute atomic E-state index is 10.4. The van der Waals surface area contributed by atoms with E-state index in [0.29, 0.717) is 6.08 Å². The minimum atomic E-state index is -1.38. The van der Waals surface area contributed by atoms with Crippen molar-refractivity contribution in [1.29, 1.82) is 0 Å². The third-order valence-electron chi connectivity index (χ3n) is 1.05. The van der Waals surface area contributed by atoms with Gasteiger partial charge < -0.3 is 14.9 Å². The van der Waals surface area contributed by atoms with E-state index in [0.717, 1.165) is 0 Å². The number of carboxylic acid groups (broad SMARTS) is 2. The summed E-state index contributed by atoms with van der Waals surface area (Å²) in [7, 11) is 1.21. The molecule has 5 nitrogen and oxygen atoms in total. The molecule has 0 aliphatic rings. The lowest BCUT2D eigenvalue weighted by atomic mass is 10.2. The lowest BCUT2D eigenvalue weighted by molar-refractivity contribution is -0.135. The number of rotatable bonds is 4. The van der Waals surface area contributed by atoms with E-state index in [4.69, 9.17) is 10.2 Å². The van der Waals surface area contributed by atoms with Gasteiger partial charge in [0, 0.05) is 6.08 Å². The van der Waals surface area contributed by atoms with Gasteiger partial charge >= 0.3 is 11.9 Å². The number of carbonyl (C=O) groups is 2. The average molecular weight is 172 g/mol. The molecule has 0 spiro atoms. The third kappa shape index (κ3) is 2.87. The van der Waals surface area contributed by atoms with E-state index in [1.165, 1.54) is 7.11 Å². The summed E-state index contributed by atoms with van der Waals surface area (Å²) in [6.45, 7) is 3.21. The average Bonchev–Trinajstić information content (AvgIpc) is 1.98. The van der Waals surface area contributed by atoms with Gasteiger partial charge in [-0.2, -0.15) is 0 Å². The van der Waals surface area contributed by atoms with Gasteiger partial charge in [0.2, 0.25) is 0 Å². The van der Waals surface area contributed by atoms with Gasteiger partial charge in [0.1, 0.15) is 11.3 Å². The normalized spacial score (nSPS) is 10.6. The van der Waals surface area contributed by atoms with E-state index in [-0.39, 0.29) is 5.76 Å². The number of aliphatic carboxylic acids is 2. The maximum Gasteiger partial charge on any atom is 0.339 e. The van der Waals surface area contributed by atoms with Crippen LogP contribution in [0.2, 0.25) is 0 Å². The molecule has 0 radical (unpaired) electrons. The minimum Gasteiger partial charge on any atom is -0.496 e. The number of hydrogen-bond donors (Lipinski definition) is 2. The molecule has 0 amide bonds. The summed E-state index contributed by atoms with van der Waals surface area (Å²) in [5.74, 6) is -2.93. The van der Waals surface area contributed by atoms with Crippen LogP contribution >= 0.6 is 0 Å². The second kappa shape index (κ2) is 4.17. The summed E-state index contributed by atoms with van der Waals surface area (Å²) in [4.78, 5) is 20.5. The fraction of sp³-hybridized carbons (Fsp3) is 0.143. The third-order valence-corrected chi connectivity index (χ3v) is 1.05. The molecule has 0 aromatic rings. The van der Waals surface area contributed by atoms with Crippen LogP contribution in [0.5, 0.6) is 0 Å². The molecule has 2 N–H and O–H groups in total. The summed E-state index contributed by atoms with van der Waals surface area (Å²) < 4.78 is 4.47. The second-order valence-electron chi connectivity index (χ2n) is 1.83. The Kier molecular flexibility index (Phi) is 3.55. The molecule has 0 saturated heterocycles. The Balaban J connectivity index is 4.79. The van der Waals surface area contributed by atoms with Gasteiger partial charge in [0.15, 0.2) is 0 Å². The van der Waals surface area contributed by atoms with Crippen molar-refractivity contribution in [2.75, 3.05) is 7.11 Å². The van der Waals surface area contributed by atoms with Crippen LogP contribution < -0.4 is 0 Å². The molecule has 0 fully saturated rings. The molecule has 0 bridgehead atoms. The largest absolute Gasteiger partial charge is 0.496 e. The molecule has 0 aliphatic heterocycles. The van der Waals surface area contributed by atoms with E-state index in [1.54, 1.807) is 0 Å². The summed E-state index contributed by atoms with van der Waals surface area (Å²) in [6.07, 6.45) is 0.522. The first kappa shape index (κ1) is 10.2. The Bertz CT molecular complexity index is 251. The fourth-order valence-corrected chi connectivity index (χ4v) is 0.495. The SMILES string of the molecule is C=C(OC)/C(=C/C(=O)O)C(=O)O. The van der Waals surface area contributed by atoms with E-state index >= 15 is 0 Å². The maximum atomic E-state index is 10.4. The molecule has 12 heavy (non-hydrogen) atoms. The van der Waals surface area contributed by atoms with Gasteiger partial charge in [-0.05, 0) is 0 Å². The molecule has 0 aromatic heterocycles. The molecule has 0 aromatic carbocycles. The predicted octanol–water partition coefficient (Wildman–Crippen LogP) is 0.242. The van der Waals surface area contributed by atoms with Crippen molar-refractivity contribution in [2.24, 2.45) is 0 Å². The monoisotopic (exact) mass is 172 g/mol. The van der Waals surface area contributed by atoms with E-state index < -0.39 is 17.5 Å². The van der Waals surface area contributed by atoms with E-state index in [1.807, 2.05) is 0 Å². The highest BCUT2D eigenvalue weighted by molar-refractivity contribution is 5.97. The Morgan fingerprint density at radius 2 is 1.92 bits per heavy atom. The van der Waals surface area contributed by atoms with Gasteiger partial charge in [-0.1, -0.05) is 6.58 Å². The van der Waals surface area contributed by atoms with Crippen LogP contribution in [-0.2, 0) is 14.3 Å². The smallest absolute Gasteiger partial charge is 0.339 e. The molecule has 5 heteroatoms. The molecule has 0 aliphatic carbocycles. The first-order valence-corrected chi connectivity index (χ1v) is 2.90. The van der Waals surface area contributed by atoms with Crippen molar-refractivity contribution in [2.45, 2.75) is 0 Å². The Hall–Kier alpha value is -1.78. The predicted molar refractivity (Wildman–Crippen MR) is 39.5 cm³/mol. The Labute approximate surface area is 68.6 Å². The van der Waals surface area contributed by atoms with Crippen LogP contribution in [0.4, 0.5) is 0 Å². The van der Waals surface area contributed by atoms with E-state index in [9.17, 15) is 9.59 Å². The summed E-state index contributed by atoms with van der Waals surface area (Å²) in [5.41, 5.74) is -0.468. The zero-order valence-corrected chi connectivity index (χ0v) is 6.40.